The fourth-order valence-electron chi connectivity index (χ4n) is 2.98. The third-order valence-electron chi connectivity index (χ3n) is 4.80. The van der Waals surface area contributed by atoms with Crippen molar-refractivity contribution in [2.24, 2.45) is 0 Å². The van der Waals surface area contributed by atoms with Gasteiger partial charge >= 0.3 is 6.18 Å². The number of aryl methyl sites for hydroxylation is 1. The molecule has 0 saturated heterocycles. The minimum Gasteiger partial charge on any atom is -0.394 e. The van der Waals surface area contributed by atoms with Crippen LogP contribution in [0.15, 0.2) is 36.7 Å². The van der Waals surface area contributed by atoms with Gasteiger partial charge in [0.25, 0.3) is 5.91 Å². The van der Waals surface area contributed by atoms with E-state index in [1.807, 2.05) is 13.0 Å². The van der Waals surface area contributed by atoms with Crippen LogP contribution in [0.3, 0.4) is 0 Å². The number of thiazole rings is 1. The fraction of sp³-hybridized carbons (Fsp3) is 0.300. The molecule has 7 nitrogen and oxygen atoms in total. The van der Waals surface area contributed by atoms with Gasteiger partial charge in [0.05, 0.1) is 17.0 Å². The topological polar surface area (TPSA) is 100 Å². The lowest BCUT2D eigenvalue weighted by Gasteiger charge is -2.12. The van der Waals surface area contributed by atoms with E-state index in [4.69, 9.17) is 0 Å². The highest BCUT2D eigenvalue weighted by Crippen LogP contribution is 2.36. The molecule has 4 rings (SSSR count). The van der Waals surface area contributed by atoms with Crippen molar-refractivity contribution in [2.75, 3.05) is 11.9 Å². The maximum absolute atomic E-state index is 12.9. The zero-order chi connectivity index (χ0) is 22.2. The van der Waals surface area contributed by atoms with E-state index in [1.165, 1.54) is 11.3 Å². The maximum Gasteiger partial charge on any atom is 0.433 e. The highest BCUT2D eigenvalue weighted by Gasteiger charge is 2.44. The van der Waals surface area contributed by atoms with Crippen LogP contribution in [-0.4, -0.2) is 38.1 Å². The molecular weight excluding hydrogens is 431 g/mol. The lowest BCUT2D eigenvalue weighted by molar-refractivity contribution is -0.141. The number of rotatable bonds is 6. The predicted molar refractivity (Wildman–Crippen MR) is 109 cm³/mol. The molecule has 0 bridgehead atoms. The number of hydrogen-bond donors (Lipinski definition) is 3. The molecule has 11 heteroatoms. The summed E-state index contributed by atoms with van der Waals surface area (Å²) in [5.74, 6) is -0.513. The smallest absolute Gasteiger partial charge is 0.394 e. The molecule has 3 aromatic rings. The molecule has 162 valence electrons. The van der Waals surface area contributed by atoms with E-state index in [0.29, 0.717) is 5.69 Å². The molecule has 2 heterocycles. The van der Waals surface area contributed by atoms with E-state index in [1.54, 1.807) is 18.3 Å². The van der Waals surface area contributed by atoms with E-state index in [9.17, 15) is 23.1 Å². The van der Waals surface area contributed by atoms with E-state index in [-0.39, 0.29) is 23.5 Å². The summed E-state index contributed by atoms with van der Waals surface area (Å²) in [6.07, 6.45) is -0.485. The largest absolute Gasteiger partial charge is 0.433 e. The average molecular weight is 449 g/mol. The van der Waals surface area contributed by atoms with Crippen LogP contribution in [0.25, 0.3) is 10.4 Å². The van der Waals surface area contributed by atoms with Gasteiger partial charge in [-0.2, -0.15) is 13.2 Å². The average Bonchev–Trinajstić information content (AvgIpc) is 3.30. The highest BCUT2D eigenvalue weighted by atomic mass is 32.1. The van der Waals surface area contributed by atoms with Crippen molar-refractivity contribution in [3.05, 3.63) is 52.9 Å². The number of hydrogen-bond acceptors (Lipinski definition) is 7. The number of aliphatic hydroxyl groups is 1. The van der Waals surface area contributed by atoms with E-state index in [0.717, 1.165) is 41.1 Å². The highest BCUT2D eigenvalue weighted by molar-refractivity contribution is 7.17. The third-order valence-corrected chi connectivity index (χ3v) is 5.84. The zero-order valence-electron chi connectivity index (χ0n) is 16.3. The summed E-state index contributed by atoms with van der Waals surface area (Å²) in [4.78, 5) is 24.7. The number of carbonyl (C=O) groups excluding carboxylic acids is 1. The Morgan fingerprint density at radius 2 is 2.03 bits per heavy atom. The number of benzene rings is 1. The summed E-state index contributed by atoms with van der Waals surface area (Å²) < 4.78 is 38.6. The van der Waals surface area contributed by atoms with Gasteiger partial charge in [-0.15, -0.1) is 11.3 Å². The first kappa shape index (κ1) is 21.2. The number of alkyl halides is 3. The number of nitrogens with one attached hydrogen (secondary N) is 2. The molecule has 1 fully saturated rings. The monoisotopic (exact) mass is 449 g/mol. The van der Waals surface area contributed by atoms with Crippen molar-refractivity contribution in [1.82, 2.24) is 20.3 Å². The van der Waals surface area contributed by atoms with Gasteiger partial charge in [0.1, 0.15) is 5.69 Å². The summed E-state index contributed by atoms with van der Waals surface area (Å²) in [7, 11) is 0. The number of halogens is 3. The number of aromatic nitrogens is 3. The van der Waals surface area contributed by atoms with Gasteiger partial charge in [-0.25, -0.2) is 15.0 Å². The summed E-state index contributed by atoms with van der Waals surface area (Å²) in [6.45, 7) is 1.73. The van der Waals surface area contributed by atoms with Crippen LogP contribution in [0, 0.1) is 6.92 Å². The van der Waals surface area contributed by atoms with Crippen molar-refractivity contribution in [3.63, 3.8) is 0 Å². The molecule has 0 spiro atoms. The van der Waals surface area contributed by atoms with Crippen molar-refractivity contribution in [2.45, 2.75) is 31.5 Å². The van der Waals surface area contributed by atoms with Crippen molar-refractivity contribution >= 4 is 28.9 Å². The minimum atomic E-state index is -4.56. The Morgan fingerprint density at radius 3 is 2.71 bits per heavy atom. The van der Waals surface area contributed by atoms with E-state index in [2.05, 4.69) is 25.6 Å². The maximum atomic E-state index is 12.9. The quantitative estimate of drug-likeness (QED) is 0.527. The molecule has 0 atom stereocenters. The number of aliphatic hydroxyl groups excluding tert-OH is 1. The van der Waals surface area contributed by atoms with Crippen LogP contribution in [0.2, 0.25) is 0 Å². The van der Waals surface area contributed by atoms with E-state index >= 15 is 0 Å². The number of anilines is 2. The molecule has 0 radical (unpaired) electrons. The standard InChI is InChI=1S/C20H18F3N5O2S/c1-11-6-12(14-9-25-17(31-14)16(30)28-19(10-29)3-4-19)8-13(7-11)26-18-24-5-2-15(27-18)20(21,22)23/h2,5-9,29H,3-4,10H2,1H3,(H,28,30)(H,24,26,27). The van der Waals surface area contributed by atoms with Crippen LogP contribution < -0.4 is 10.6 Å². The van der Waals surface area contributed by atoms with Gasteiger partial charge in [0, 0.05) is 18.1 Å². The molecule has 1 aromatic carbocycles. The Morgan fingerprint density at radius 1 is 1.26 bits per heavy atom. The first-order valence-electron chi connectivity index (χ1n) is 9.36. The summed E-state index contributed by atoms with van der Waals surface area (Å²) in [5.41, 5.74) is 0.532. The molecular formula is C20H18F3N5O2S. The number of carbonyl (C=O) groups is 1. The van der Waals surface area contributed by atoms with Crippen LogP contribution >= 0.6 is 11.3 Å². The molecule has 1 amide bonds. The second-order valence-electron chi connectivity index (χ2n) is 7.40. The Hall–Kier alpha value is -3.05. The normalized spacial score (nSPS) is 14.9. The van der Waals surface area contributed by atoms with Crippen molar-refractivity contribution in [1.29, 1.82) is 0 Å². The second-order valence-corrected chi connectivity index (χ2v) is 8.43. The van der Waals surface area contributed by atoms with Gasteiger partial charge < -0.3 is 15.7 Å². The zero-order valence-corrected chi connectivity index (χ0v) is 17.1. The minimum absolute atomic E-state index is 0.110. The van der Waals surface area contributed by atoms with Gasteiger partial charge in [0.15, 0.2) is 5.01 Å². The van der Waals surface area contributed by atoms with Crippen LogP contribution in [-0.2, 0) is 6.18 Å². The molecule has 1 aliphatic rings. The number of nitrogens with zero attached hydrogens (tertiary/aromatic N) is 3. The Bertz CT molecular complexity index is 1130. The predicted octanol–water partition coefficient (Wildman–Crippen LogP) is 3.93. The Kier molecular flexibility index (Phi) is 5.40. The fourth-order valence-corrected chi connectivity index (χ4v) is 3.78. The summed E-state index contributed by atoms with van der Waals surface area (Å²) >= 11 is 1.19. The summed E-state index contributed by atoms with van der Waals surface area (Å²) in [6, 6.07) is 6.16. The lowest BCUT2D eigenvalue weighted by atomic mass is 10.1. The van der Waals surface area contributed by atoms with Crippen LogP contribution in [0.1, 0.15) is 33.9 Å². The van der Waals surface area contributed by atoms with Gasteiger partial charge in [-0.1, -0.05) is 6.07 Å². The molecule has 31 heavy (non-hydrogen) atoms. The van der Waals surface area contributed by atoms with E-state index < -0.39 is 17.4 Å². The third kappa shape index (κ3) is 4.83. The van der Waals surface area contributed by atoms with Crippen LogP contribution in [0.5, 0.6) is 0 Å². The molecule has 3 N–H and O–H groups in total. The first-order valence-corrected chi connectivity index (χ1v) is 10.2. The molecule has 0 aliphatic heterocycles. The SMILES string of the molecule is Cc1cc(Nc2nccc(C(F)(F)F)n2)cc(-c2cnc(C(=O)NC3(CO)CC3)s2)c1. The van der Waals surface area contributed by atoms with Crippen LogP contribution in [0.4, 0.5) is 24.8 Å². The summed E-state index contributed by atoms with van der Waals surface area (Å²) in [5, 5.41) is 15.2. The lowest BCUT2D eigenvalue weighted by Crippen LogP contribution is -2.39. The molecule has 1 saturated carbocycles. The first-order chi connectivity index (χ1) is 14.7. The Labute approximate surface area is 179 Å². The Balaban J connectivity index is 1.55. The second kappa shape index (κ2) is 7.89. The molecule has 2 aromatic heterocycles. The molecule has 0 unspecified atom stereocenters. The van der Waals surface area contributed by atoms with Gasteiger partial charge in [-0.3, -0.25) is 4.79 Å². The molecule has 1 aliphatic carbocycles. The number of amides is 1. The van der Waals surface area contributed by atoms with Gasteiger partial charge in [-0.05, 0) is 49.1 Å². The van der Waals surface area contributed by atoms with Gasteiger partial charge in [0.2, 0.25) is 5.95 Å². The van der Waals surface area contributed by atoms with Crippen molar-refractivity contribution < 1.29 is 23.1 Å². The van der Waals surface area contributed by atoms with Crippen molar-refractivity contribution in [3.8, 4) is 10.4 Å².